The van der Waals surface area contributed by atoms with E-state index >= 15 is 0 Å². The number of aryl methyl sites for hydroxylation is 1. The Bertz CT molecular complexity index is 843. The lowest BCUT2D eigenvalue weighted by Crippen LogP contribution is -2.41. The monoisotopic (exact) mass is 364 g/mol. The number of likely N-dealkylation sites (N-methyl/N-ethyl adjacent to an activating group) is 1. The van der Waals surface area contributed by atoms with Crippen LogP contribution in [0.2, 0.25) is 0 Å². The Hall–Kier alpha value is -2.69. The van der Waals surface area contributed by atoms with E-state index in [1.807, 2.05) is 31.3 Å². The molecule has 0 unspecified atom stereocenters. The molecule has 1 heterocycles. The molecule has 1 atom stereocenters. The van der Waals surface area contributed by atoms with Gasteiger partial charge < -0.3 is 9.64 Å². The Kier molecular flexibility index (Phi) is 4.92. The summed E-state index contributed by atoms with van der Waals surface area (Å²) < 4.78 is 5.69. The van der Waals surface area contributed by atoms with Gasteiger partial charge in [-0.05, 0) is 67.3 Å². The molecule has 2 aliphatic rings. The van der Waals surface area contributed by atoms with E-state index in [0.717, 1.165) is 37.9 Å². The van der Waals surface area contributed by atoms with Gasteiger partial charge in [0.2, 0.25) is 0 Å². The number of carbonyl (C=O) groups is 2. The summed E-state index contributed by atoms with van der Waals surface area (Å²) in [6.07, 6.45) is 7.58. The number of carbonyl (C=O) groups excluding carboxylic acids is 2. The summed E-state index contributed by atoms with van der Waals surface area (Å²) in [5, 5.41) is 0. The summed E-state index contributed by atoms with van der Waals surface area (Å²) in [7, 11) is 1.84. The quantitative estimate of drug-likeness (QED) is 0.738. The number of ether oxygens (including phenoxy) is 1. The van der Waals surface area contributed by atoms with Crippen LogP contribution in [-0.4, -0.2) is 41.8 Å². The number of pyridine rings is 1. The summed E-state index contributed by atoms with van der Waals surface area (Å²) >= 11 is 0. The number of hydrogen-bond donors (Lipinski definition) is 0. The minimum Gasteiger partial charge on any atom is -0.492 e. The van der Waals surface area contributed by atoms with E-state index in [-0.39, 0.29) is 11.9 Å². The van der Waals surface area contributed by atoms with Gasteiger partial charge in [0.1, 0.15) is 17.7 Å². The maximum absolute atomic E-state index is 12.8. The predicted octanol–water partition coefficient (Wildman–Crippen LogP) is 3.31. The average molecular weight is 364 g/mol. The fraction of sp³-hybridized carbons (Fsp3) is 0.409. The first-order valence-corrected chi connectivity index (χ1v) is 9.57. The number of rotatable bonds is 6. The van der Waals surface area contributed by atoms with E-state index in [0.29, 0.717) is 17.2 Å². The van der Waals surface area contributed by atoms with Gasteiger partial charge in [0.25, 0.3) is 5.91 Å². The highest BCUT2D eigenvalue weighted by molar-refractivity contribution is 5.92. The number of nitrogens with zero attached hydrogens (tertiary/aromatic N) is 2. The highest BCUT2D eigenvalue weighted by atomic mass is 16.5. The first-order valence-electron chi connectivity index (χ1n) is 9.57. The summed E-state index contributed by atoms with van der Waals surface area (Å²) in [6.45, 7) is 0.738. The highest BCUT2D eigenvalue weighted by Crippen LogP contribution is 2.29. The van der Waals surface area contributed by atoms with E-state index in [2.05, 4.69) is 4.98 Å². The number of fused-ring (bicyclic) bond motifs is 1. The maximum Gasteiger partial charge on any atom is 0.272 e. The molecule has 0 bridgehead atoms. The van der Waals surface area contributed by atoms with Crippen LogP contribution in [0.15, 0.2) is 36.5 Å². The van der Waals surface area contributed by atoms with Gasteiger partial charge in [-0.2, -0.15) is 0 Å². The molecule has 5 heteroatoms. The molecule has 4 rings (SSSR count). The number of benzene rings is 1. The molecule has 0 aliphatic heterocycles. The van der Waals surface area contributed by atoms with Gasteiger partial charge >= 0.3 is 0 Å². The van der Waals surface area contributed by atoms with Crippen LogP contribution in [0, 0.1) is 5.92 Å². The van der Waals surface area contributed by atoms with Crippen molar-refractivity contribution < 1.29 is 14.3 Å². The number of aromatic nitrogens is 1. The zero-order valence-electron chi connectivity index (χ0n) is 15.6. The average Bonchev–Trinajstić information content (AvgIpc) is 3.55. The fourth-order valence-corrected chi connectivity index (χ4v) is 3.60. The highest BCUT2D eigenvalue weighted by Gasteiger charge is 2.27. The van der Waals surface area contributed by atoms with Crippen LogP contribution in [0.3, 0.4) is 0 Å². The molecule has 1 fully saturated rings. The molecular formula is C22H24N2O3. The van der Waals surface area contributed by atoms with E-state index < -0.39 is 0 Å². The third-order valence-electron chi connectivity index (χ3n) is 5.57. The van der Waals surface area contributed by atoms with Gasteiger partial charge in [-0.15, -0.1) is 0 Å². The molecular weight excluding hydrogens is 340 g/mol. The normalized spacial score (nSPS) is 18.5. The SMILES string of the molecule is CN(C(=O)c1ccc(OCC2CC2)cn1)[C@H]1CCc2cc(C=O)ccc2C1. The Morgan fingerprint density at radius 2 is 2.07 bits per heavy atom. The molecule has 140 valence electrons. The molecule has 0 spiro atoms. The lowest BCUT2D eigenvalue weighted by Gasteiger charge is -2.32. The molecule has 5 nitrogen and oxygen atoms in total. The van der Waals surface area contributed by atoms with Crippen molar-refractivity contribution in [1.82, 2.24) is 9.88 Å². The second-order valence-electron chi connectivity index (χ2n) is 7.59. The van der Waals surface area contributed by atoms with E-state index in [1.54, 1.807) is 17.2 Å². The largest absolute Gasteiger partial charge is 0.492 e. The van der Waals surface area contributed by atoms with E-state index in [1.165, 1.54) is 24.0 Å². The minimum atomic E-state index is -0.0679. The third-order valence-corrected chi connectivity index (χ3v) is 5.57. The Morgan fingerprint density at radius 3 is 2.78 bits per heavy atom. The van der Waals surface area contributed by atoms with Crippen molar-refractivity contribution in [3.63, 3.8) is 0 Å². The Morgan fingerprint density at radius 1 is 1.22 bits per heavy atom. The third kappa shape index (κ3) is 4.02. The number of hydrogen-bond acceptors (Lipinski definition) is 4. The topological polar surface area (TPSA) is 59.5 Å². The second-order valence-corrected chi connectivity index (χ2v) is 7.59. The minimum absolute atomic E-state index is 0.0679. The lowest BCUT2D eigenvalue weighted by atomic mass is 9.86. The van der Waals surface area contributed by atoms with E-state index in [9.17, 15) is 9.59 Å². The summed E-state index contributed by atoms with van der Waals surface area (Å²) in [5.41, 5.74) is 3.59. The van der Waals surface area contributed by atoms with Crippen LogP contribution in [0.4, 0.5) is 0 Å². The van der Waals surface area contributed by atoms with Crippen molar-refractivity contribution in [3.8, 4) is 5.75 Å². The molecule has 1 amide bonds. The van der Waals surface area contributed by atoms with Crippen molar-refractivity contribution in [2.75, 3.05) is 13.7 Å². The van der Waals surface area contributed by atoms with Crippen molar-refractivity contribution in [2.24, 2.45) is 5.92 Å². The van der Waals surface area contributed by atoms with Crippen LogP contribution < -0.4 is 4.74 Å². The first kappa shape index (κ1) is 17.7. The van der Waals surface area contributed by atoms with Crippen LogP contribution in [0.5, 0.6) is 5.75 Å². The maximum atomic E-state index is 12.8. The predicted molar refractivity (Wildman–Crippen MR) is 102 cm³/mol. The van der Waals surface area contributed by atoms with Gasteiger partial charge in [0.15, 0.2) is 0 Å². The van der Waals surface area contributed by atoms with E-state index in [4.69, 9.17) is 4.74 Å². The lowest BCUT2D eigenvalue weighted by molar-refractivity contribution is 0.0712. The van der Waals surface area contributed by atoms with Crippen molar-refractivity contribution in [3.05, 3.63) is 58.9 Å². The summed E-state index contributed by atoms with van der Waals surface area (Å²) in [4.78, 5) is 29.9. The number of aldehydes is 1. The van der Waals surface area contributed by atoms with Crippen LogP contribution in [0.25, 0.3) is 0 Å². The molecule has 2 aliphatic carbocycles. The summed E-state index contributed by atoms with van der Waals surface area (Å²) in [6, 6.07) is 9.52. The zero-order chi connectivity index (χ0) is 18.8. The molecule has 0 N–H and O–H groups in total. The molecule has 0 radical (unpaired) electrons. The van der Waals surface area contributed by atoms with Crippen LogP contribution >= 0.6 is 0 Å². The molecule has 1 saturated carbocycles. The molecule has 1 aromatic carbocycles. The number of amides is 1. The molecule has 0 saturated heterocycles. The first-order chi connectivity index (χ1) is 13.1. The molecule has 2 aromatic rings. The second kappa shape index (κ2) is 7.51. The van der Waals surface area contributed by atoms with Gasteiger partial charge in [0.05, 0.1) is 12.8 Å². The van der Waals surface area contributed by atoms with Crippen molar-refractivity contribution in [1.29, 1.82) is 0 Å². The Balaban J connectivity index is 1.40. The van der Waals surface area contributed by atoms with Crippen molar-refractivity contribution >= 4 is 12.2 Å². The summed E-state index contributed by atoms with van der Waals surface area (Å²) in [5.74, 6) is 1.34. The zero-order valence-corrected chi connectivity index (χ0v) is 15.6. The van der Waals surface area contributed by atoms with Crippen LogP contribution in [-0.2, 0) is 12.8 Å². The van der Waals surface area contributed by atoms with Gasteiger partial charge in [-0.1, -0.05) is 12.1 Å². The van der Waals surface area contributed by atoms with Gasteiger partial charge in [-0.3, -0.25) is 9.59 Å². The van der Waals surface area contributed by atoms with Gasteiger partial charge in [-0.25, -0.2) is 4.98 Å². The standard InChI is InChI=1S/C22H24N2O3/c1-24(19-7-6-17-10-16(13-25)4-5-18(17)11-19)22(26)21-9-8-20(12-23-21)27-14-15-2-3-15/h4-5,8-10,12-13,15,19H,2-3,6-7,11,14H2,1H3/t19-/m0/s1. The molecule has 1 aromatic heterocycles. The fourth-order valence-electron chi connectivity index (χ4n) is 3.60. The van der Waals surface area contributed by atoms with Crippen molar-refractivity contribution in [2.45, 2.75) is 38.1 Å². The smallest absolute Gasteiger partial charge is 0.272 e. The Labute approximate surface area is 159 Å². The van der Waals surface area contributed by atoms with Crippen LogP contribution in [0.1, 0.15) is 51.2 Å². The molecule has 27 heavy (non-hydrogen) atoms. The van der Waals surface area contributed by atoms with Gasteiger partial charge in [0, 0.05) is 18.7 Å².